The van der Waals surface area contributed by atoms with Gasteiger partial charge in [0.05, 0.1) is 0 Å². The fourth-order valence-electron chi connectivity index (χ4n) is 1.23. The van der Waals surface area contributed by atoms with Crippen LogP contribution in [0.15, 0.2) is 6.07 Å². The third kappa shape index (κ3) is 2.72. The predicted octanol–water partition coefficient (Wildman–Crippen LogP) is 1.79. The summed E-state index contributed by atoms with van der Waals surface area (Å²) in [6, 6.07) is 1.40. The summed E-state index contributed by atoms with van der Waals surface area (Å²) in [4.78, 5) is 17.2. The highest BCUT2D eigenvalue weighted by atomic mass is 31.2. The standard InChI is InChI=1S/C9H13O5P/c1-5-4-8(14-15(11,12)13)9(10)7(3)6(5)2/h4,10H,1-3H3,(H2,11,12,13). The molecule has 0 radical (unpaired) electrons. The van der Waals surface area contributed by atoms with Gasteiger partial charge in [-0.3, -0.25) is 9.79 Å². The van der Waals surface area contributed by atoms with E-state index < -0.39 is 7.82 Å². The fourth-order valence-corrected chi connectivity index (χ4v) is 1.62. The monoisotopic (exact) mass is 232 g/mol. The van der Waals surface area contributed by atoms with Crippen LogP contribution in [-0.2, 0) is 4.57 Å². The Bertz CT molecular complexity index is 435. The van der Waals surface area contributed by atoms with Crippen molar-refractivity contribution in [2.24, 2.45) is 0 Å². The predicted molar refractivity (Wildman–Crippen MR) is 55.0 cm³/mol. The van der Waals surface area contributed by atoms with E-state index in [-0.39, 0.29) is 11.5 Å². The number of phenols is 1. The molecule has 0 atom stereocenters. The average Bonchev–Trinajstić information content (AvgIpc) is 2.08. The Kier molecular flexibility index (Phi) is 3.09. The first kappa shape index (κ1) is 12.0. The second-order valence-corrected chi connectivity index (χ2v) is 4.54. The lowest BCUT2D eigenvalue weighted by Crippen LogP contribution is -1.95. The van der Waals surface area contributed by atoms with Crippen LogP contribution in [0.1, 0.15) is 16.7 Å². The molecular formula is C9H13O5P. The Hall–Kier alpha value is -1.03. The summed E-state index contributed by atoms with van der Waals surface area (Å²) in [5.41, 5.74) is 2.22. The van der Waals surface area contributed by atoms with Gasteiger partial charge >= 0.3 is 7.82 Å². The molecule has 3 N–H and O–H groups in total. The van der Waals surface area contributed by atoms with Crippen molar-refractivity contribution < 1.29 is 24.0 Å². The van der Waals surface area contributed by atoms with Gasteiger partial charge in [0.1, 0.15) is 0 Å². The van der Waals surface area contributed by atoms with Gasteiger partial charge in [-0.2, -0.15) is 0 Å². The SMILES string of the molecule is Cc1cc(OP(=O)(O)O)c(O)c(C)c1C. The van der Waals surface area contributed by atoms with E-state index >= 15 is 0 Å². The Balaban J connectivity index is 3.27. The number of phosphoric ester groups is 1. The Morgan fingerprint density at radius 2 is 1.73 bits per heavy atom. The van der Waals surface area contributed by atoms with Crippen LogP contribution in [0.2, 0.25) is 0 Å². The van der Waals surface area contributed by atoms with Crippen LogP contribution < -0.4 is 4.52 Å². The fraction of sp³-hybridized carbons (Fsp3) is 0.333. The summed E-state index contributed by atoms with van der Waals surface area (Å²) in [6.07, 6.45) is 0. The van der Waals surface area contributed by atoms with E-state index in [1.165, 1.54) is 6.07 Å². The molecule has 1 aromatic rings. The lowest BCUT2D eigenvalue weighted by molar-refractivity contribution is 0.277. The highest BCUT2D eigenvalue weighted by Gasteiger charge is 2.20. The molecule has 0 spiro atoms. The number of phosphoric acid groups is 1. The first-order valence-corrected chi connectivity index (χ1v) is 5.80. The number of rotatable bonds is 2. The molecular weight excluding hydrogens is 219 g/mol. The van der Waals surface area contributed by atoms with Crippen molar-refractivity contribution in [2.75, 3.05) is 0 Å². The summed E-state index contributed by atoms with van der Waals surface area (Å²) in [7, 11) is -4.63. The number of aromatic hydroxyl groups is 1. The number of hydrogen-bond acceptors (Lipinski definition) is 3. The average molecular weight is 232 g/mol. The van der Waals surface area contributed by atoms with Gasteiger partial charge in [0.2, 0.25) is 0 Å². The molecule has 84 valence electrons. The highest BCUT2D eigenvalue weighted by Crippen LogP contribution is 2.44. The molecule has 6 heteroatoms. The molecule has 1 rings (SSSR count). The number of hydrogen-bond donors (Lipinski definition) is 3. The normalized spacial score (nSPS) is 11.5. The smallest absolute Gasteiger partial charge is 0.504 e. The van der Waals surface area contributed by atoms with Gasteiger partial charge in [0.15, 0.2) is 11.5 Å². The molecule has 1 aromatic carbocycles. The molecule has 0 aliphatic rings. The second kappa shape index (κ2) is 3.85. The molecule has 0 bridgehead atoms. The number of phenolic OH excluding ortho intramolecular Hbond substituents is 1. The van der Waals surface area contributed by atoms with Gasteiger partial charge in [-0.25, -0.2) is 4.57 Å². The van der Waals surface area contributed by atoms with E-state index in [2.05, 4.69) is 4.52 Å². The minimum Gasteiger partial charge on any atom is -0.504 e. The maximum Gasteiger partial charge on any atom is 0.524 e. The molecule has 0 amide bonds. The molecule has 0 saturated heterocycles. The first-order chi connectivity index (χ1) is 6.72. The molecule has 15 heavy (non-hydrogen) atoms. The van der Waals surface area contributed by atoms with Gasteiger partial charge in [0.25, 0.3) is 0 Å². The van der Waals surface area contributed by atoms with E-state index in [9.17, 15) is 9.67 Å². The van der Waals surface area contributed by atoms with Gasteiger partial charge in [-0.05, 0) is 43.5 Å². The topological polar surface area (TPSA) is 87.0 Å². The summed E-state index contributed by atoms with van der Waals surface area (Å²) in [6.45, 7) is 5.24. The third-order valence-corrected chi connectivity index (χ3v) is 2.74. The van der Waals surface area contributed by atoms with Crippen LogP contribution in [-0.4, -0.2) is 14.9 Å². The van der Waals surface area contributed by atoms with Crippen LogP contribution in [0, 0.1) is 20.8 Å². The molecule has 0 saturated carbocycles. The molecule has 0 aliphatic heterocycles. The quantitative estimate of drug-likeness (QED) is 0.676. The van der Waals surface area contributed by atoms with Crippen LogP contribution >= 0.6 is 7.82 Å². The van der Waals surface area contributed by atoms with Crippen LogP contribution in [0.4, 0.5) is 0 Å². The number of aryl methyl sites for hydroxylation is 1. The van der Waals surface area contributed by atoms with Gasteiger partial charge in [0, 0.05) is 0 Å². The lowest BCUT2D eigenvalue weighted by atomic mass is 10.0. The van der Waals surface area contributed by atoms with Gasteiger partial charge in [-0.15, -0.1) is 0 Å². The Morgan fingerprint density at radius 3 is 2.20 bits per heavy atom. The largest absolute Gasteiger partial charge is 0.524 e. The van der Waals surface area contributed by atoms with Crippen molar-refractivity contribution in [3.63, 3.8) is 0 Å². The van der Waals surface area contributed by atoms with Gasteiger partial charge in [-0.1, -0.05) is 0 Å². The minimum atomic E-state index is -4.63. The molecule has 0 fully saturated rings. The van der Waals surface area contributed by atoms with Crippen molar-refractivity contribution in [2.45, 2.75) is 20.8 Å². The van der Waals surface area contributed by atoms with E-state index in [0.29, 0.717) is 5.56 Å². The maximum absolute atomic E-state index is 10.6. The first-order valence-electron chi connectivity index (χ1n) is 4.27. The van der Waals surface area contributed by atoms with E-state index in [1.807, 2.05) is 6.92 Å². The third-order valence-electron chi connectivity index (χ3n) is 2.31. The van der Waals surface area contributed by atoms with Crippen LogP contribution in [0.25, 0.3) is 0 Å². The van der Waals surface area contributed by atoms with Gasteiger partial charge < -0.3 is 9.63 Å². The Labute approximate surface area is 87.6 Å². The molecule has 0 aliphatic carbocycles. The Morgan fingerprint density at radius 1 is 1.20 bits per heavy atom. The summed E-state index contributed by atoms with van der Waals surface area (Å²) in [5.74, 6) is -0.426. The summed E-state index contributed by atoms with van der Waals surface area (Å²) >= 11 is 0. The van der Waals surface area contributed by atoms with Crippen molar-refractivity contribution >= 4 is 7.82 Å². The summed E-state index contributed by atoms with van der Waals surface area (Å²) in [5, 5.41) is 9.60. The minimum absolute atomic E-state index is 0.191. The van der Waals surface area contributed by atoms with E-state index in [1.54, 1.807) is 13.8 Å². The zero-order valence-corrected chi connectivity index (χ0v) is 9.58. The van der Waals surface area contributed by atoms with Crippen molar-refractivity contribution in [1.82, 2.24) is 0 Å². The molecule has 0 aromatic heterocycles. The molecule has 5 nitrogen and oxygen atoms in total. The van der Waals surface area contributed by atoms with E-state index in [4.69, 9.17) is 9.79 Å². The number of benzene rings is 1. The van der Waals surface area contributed by atoms with Crippen molar-refractivity contribution in [3.8, 4) is 11.5 Å². The van der Waals surface area contributed by atoms with E-state index in [0.717, 1.165) is 11.1 Å². The lowest BCUT2D eigenvalue weighted by Gasteiger charge is -2.13. The molecule has 0 heterocycles. The highest BCUT2D eigenvalue weighted by molar-refractivity contribution is 7.46. The zero-order chi connectivity index (χ0) is 11.8. The second-order valence-electron chi connectivity index (χ2n) is 3.37. The summed E-state index contributed by atoms with van der Waals surface area (Å²) < 4.78 is 15.0. The van der Waals surface area contributed by atoms with Crippen LogP contribution in [0.3, 0.4) is 0 Å². The van der Waals surface area contributed by atoms with Crippen molar-refractivity contribution in [1.29, 1.82) is 0 Å². The molecule has 0 unspecified atom stereocenters. The van der Waals surface area contributed by atoms with Crippen LogP contribution in [0.5, 0.6) is 11.5 Å². The maximum atomic E-state index is 10.6. The van der Waals surface area contributed by atoms with Crippen molar-refractivity contribution in [3.05, 3.63) is 22.8 Å². The zero-order valence-electron chi connectivity index (χ0n) is 8.68.